The van der Waals surface area contributed by atoms with Crippen molar-refractivity contribution in [3.8, 4) is 34.1 Å². The van der Waals surface area contributed by atoms with E-state index in [1.165, 1.54) is 0 Å². The zero-order chi connectivity index (χ0) is 21.0. The van der Waals surface area contributed by atoms with Crippen molar-refractivity contribution in [1.82, 2.24) is 4.57 Å². The molecule has 0 spiro atoms. The van der Waals surface area contributed by atoms with Gasteiger partial charge in [0.05, 0.1) is 19.3 Å². The molecule has 3 aromatic rings. The van der Waals surface area contributed by atoms with Gasteiger partial charge in [0, 0.05) is 18.3 Å². The number of esters is 1. The number of carbonyl (C=O) groups excluding carboxylic acids is 1. The molecule has 5 nitrogen and oxygen atoms in total. The first-order valence-corrected chi connectivity index (χ1v) is 9.59. The molecule has 2 aromatic carbocycles. The number of benzene rings is 2. The number of ether oxygens (including phenoxy) is 2. The van der Waals surface area contributed by atoms with E-state index in [4.69, 9.17) is 9.47 Å². The molecule has 0 radical (unpaired) electrons. The molecule has 0 unspecified atom stereocenters. The van der Waals surface area contributed by atoms with Gasteiger partial charge in [0.25, 0.3) is 0 Å². The van der Waals surface area contributed by atoms with Gasteiger partial charge in [-0.1, -0.05) is 43.3 Å². The lowest BCUT2D eigenvalue weighted by molar-refractivity contribution is 0.0516. The summed E-state index contributed by atoms with van der Waals surface area (Å²) in [6, 6.07) is 18.0. The van der Waals surface area contributed by atoms with Gasteiger partial charge >= 0.3 is 5.97 Å². The normalized spacial score (nSPS) is 10.4. The maximum absolute atomic E-state index is 12.6. The zero-order valence-electron chi connectivity index (χ0n) is 17.2. The van der Waals surface area contributed by atoms with Gasteiger partial charge in [0.15, 0.2) is 0 Å². The summed E-state index contributed by atoms with van der Waals surface area (Å²) in [5.74, 6) is 0.372. The van der Waals surface area contributed by atoms with Crippen LogP contribution in [0.1, 0.15) is 35.6 Å². The average molecular weight is 388 g/mol. The highest BCUT2D eigenvalue weighted by atomic mass is 16.5. The highest BCUT2D eigenvalue weighted by Crippen LogP contribution is 2.34. The summed E-state index contributed by atoms with van der Waals surface area (Å²) in [6.07, 6.45) is 0.647. The van der Waals surface area contributed by atoms with Gasteiger partial charge in [0.2, 0.25) is 0 Å². The second kappa shape index (κ2) is 8.66. The van der Waals surface area contributed by atoms with Crippen molar-refractivity contribution in [2.24, 2.45) is 7.05 Å². The second-order valence-electron chi connectivity index (χ2n) is 6.60. The molecule has 0 saturated carbocycles. The Hall–Kier alpha value is -3.52. The maximum Gasteiger partial charge on any atom is 0.355 e. The quantitative estimate of drug-likeness (QED) is 0.559. The number of carbonyl (C=O) groups is 1. The average Bonchev–Trinajstić information content (AvgIpc) is 3.05. The Morgan fingerprint density at radius 3 is 2.34 bits per heavy atom. The summed E-state index contributed by atoms with van der Waals surface area (Å²) in [6.45, 7) is 4.03. The van der Waals surface area contributed by atoms with E-state index in [-0.39, 0.29) is 6.61 Å². The van der Waals surface area contributed by atoms with E-state index in [9.17, 15) is 10.1 Å². The number of nitrogens with zero attached hydrogens (tertiary/aromatic N) is 2. The smallest absolute Gasteiger partial charge is 0.355 e. The van der Waals surface area contributed by atoms with Gasteiger partial charge in [-0.3, -0.25) is 0 Å². The van der Waals surface area contributed by atoms with Crippen molar-refractivity contribution in [2.75, 3.05) is 13.7 Å². The Kier molecular flexibility index (Phi) is 6.04. The number of aromatic nitrogens is 1. The van der Waals surface area contributed by atoms with E-state index in [1.54, 1.807) is 25.6 Å². The molecule has 29 heavy (non-hydrogen) atoms. The van der Waals surface area contributed by atoms with Crippen molar-refractivity contribution in [1.29, 1.82) is 5.26 Å². The fourth-order valence-electron chi connectivity index (χ4n) is 3.62. The molecule has 0 amide bonds. The van der Waals surface area contributed by atoms with Crippen LogP contribution in [0.3, 0.4) is 0 Å². The lowest BCUT2D eigenvalue weighted by Gasteiger charge is -2.09. The molecule has 0 saturated heterocycles. The van der Waals surface area contributed by atoms with Crippen molar-refractivity contribution in [2.45, 2.75) is 20.3 Å². The summed E-state index contributed by atoms with van der Waals surface area (Å²) in [4.78, 5) is 12.6. The summed E-state index contributed by atoms with van der Waals surface area (Å²) in [5.41, 5.74) is 5.25. The summed E-state index contributed by atoms with van der Waals surface area (Å²) in [5, 5.41) is 9.80. The minimum Gasteiger partial charge on any atom is -0.497 e. The highest BCUT2D eigenvalue weighted by Gasteiger charge is 2.26. The highest BCUT2D eigenvalue weighted by molar-refractivity contribution is 5.98. The van der Waals surface area contributed by atoms with Crippen molar-refractivity contribution >= 4 is 5.97 Å². The number of rotatable bonds is 6. The molecule has 0 aliphatic heterocycles. The largest absolute Gasteiger partial charge is 0.497 e. The van der Waals surface area contributed by atoms with E-state index >= 15 is 0 Å². The Labute approximate surface area is 171 Å². The Morgan fingerprint density at radius 2 is 1.76 bits per heavy atom. The fraction of sp³-hybridized carbons (Fsp3) is 0.250. The van der Waals surface area contributed by atoms with Gasteiger partial charge in [0.1, 0.15) is 17.5 Å². The lowest BCUT2D eigenvalue weighted by atomic mass is 9.97. The second-order valence-corrected chi connectivity index (χ2v) is 6.60. The van der Waals surface area contributed by atoms with Crippen molar-refractivity contribution in [3.63, 3.8) is 0 Å². The molecular formula is C24H24N2O3. The first kappa shape index (κ1) is 20.2. The third-order valence-corrected chi connectivity index (χ3v) is 5.01. The van der Waals surface area contributed by atoms with Crippen molar-refractivity contribution in [3.05, 3.63) is 65.5 Å². The van der Waals surface area contributed by atoms with Gasteiger partial charge in [-0.05, 0) is 42.2 Å². The number of hydrogen-bond donors (Lipinski definition) is 0. The molecule has 0 bridgehead atoms. The Bertz CT molecular complexity index is 1070. The summed E-state index contributed by atoms with van der Waals surface area (Å²) < 4.78 is 12.3. The van der Waals surface area contributed by atoms with Crippen LogP contribution in [-0.4, -0.2) is 24.3 Å². The van der Waals surface area contributed by atoms with Crippen LogP contribution in [0.4, 0.5) is 0 Å². The summed E-state index contributed by atoms with van der Waals surface area (Å²) >= 11 is 0. The minimum atomic E-state index is -0.418. The molecule has 0 atom stereocenters. The molecule has 3 rings (SSSR count). The van der Waals surface area contributed by atoms with Crippen LogP contribution in [0, 0.1) is 11.3 Å². The first-order chi connectivity index (χ1) is 14.0. The lowest BCUT2D eigenvalue weighted by Crippen LogP contribution is -2.12. The molecule has 0 aliphatic rings. The molecule has 5 heteroatoms. The molecule has 148 valence electrons. The predicted molar refractivity (Wildman–Crippen MR) is 113 cm³/mol. The Balaban J connectivity index is 2.13. The van der Waals surface area contributed by atoms with Crippen LogP contribution in [0.25, 0.3) is 22.3 Å². The van der Waals surface area contributed by atoms with Gasteiger partial charge in [-0.25, -0.2) is 4.79 Å². The van der Waals surface area contributed by atoms with Gasteiger partial charge in [-0.2, -0.15) is 5.26 Å². The van der Waals surface area contributed by atoms with E-state index in [0.717, 1.165) is 28.1 Å². The third kappa shape index (κ3) is 3.74. The molecule has 0 aliphatic carbocycles. The fourth-order valence-corrected chi connectivity index (χ4v) is 3.62. The Morgan fingerprint density at radius 1 is 1.07 bits per heavy atom. The molecule has 1 heterocycles. The SMILES string of the molecule is CCOC(=O)c1c(-c2ccc(-c3cccc(OC)c3)cc2)c(C#N)c(CC)n1C. The number of methoxy groups -OCH3 is 1. The van der Waals surface area contributed by atoms with E-state index < -0.39 is 5.97 Å². The number of hydrogen-bond acceptors (Lipinski definition) is 4. The van der Waals surface area contributed by atoms with Crippen LogP contribution in [-0.2, 0) is 18.2 Å². The van der Waals surface area contributed by atoms with E-state index in [0.29, 0.717) is 23.2 Å². The first-order valence-electron chi connectivity index (χ1n) is 9.59. The van der Waals surface area contributed by atoms with E-state index in [1.807, 2.05) is 55.5 Å². The van der Waals surface area contributed by atoms with E-state index in [2.05, 4.69) is 6.07 Å². The van der Waals surface area contributed by atoms with Crippen LogP contribution < -0.4 is 4.74 Å². The van der Waals surface area contributed by atoms with Crippen LogP contribution in [0.15, 0.2) is 48.5 Å². The minimum absolute atomic E-state index is 0.279. The molecule has 0 fully saturated rings. The molecule has 1 aromatic heterocycles. The van der Waals surface area contributed by atoms with Gasteiger partial charge < -0.3 is 14.0 Å². The third-order valence-electron chi connectivity index (χ3n) is 5.01. The molecule has 0 N–H and O–H groups in total. The topological polar surface area (TPSA) is 64.2 Å². The van der Waals surface area contributed by atoms with Crippen molar-refractivity contribution < 1.29 is 14.3 Å². The monoisotopic (exact) mass is 388 g/mol. The zero-order valence-corrected chi connectivity index (χ0v) is 17.2. The van der Waals surface area contributed by atoms with Crippen LogP contribution in [0.2, 0.25) is 0 Å². The molecular weight excluding hydrogens is 364 g/mol. The number of nitriles is 1. The summed E-state index contributed by atoms with van der Waals surface area (Å²) in [7, 11) is 3.45. The van der Waals surface area contributed by atoms with Crippen LogP contribution in [0.5, 0.6) is 5.75 Å². The van der Waals surface area contributed by atoms with Crippen LogP contribution >= 0.6 is 0 Å². The standard InChI is InChI=1S/C24H24N2O3/c1-5-21-20(15-25)22(23(26(21)3)24(27)29-6-2)17-12-10-16(11-13-17)18-8-7-9-19(14-18)28-4/h7-14H,5-6H2,1-4H3. The predicted octanol–water partition coefficient (Wildman–Crippen LogP) is 4.98. The van der Waals surface area contributed by atoms with Gasteiger partial charge in [-0.15, -0.1) is 0 Å². The maximum atomic E-state index is 12.6.